The zero-order chi connectivity index (χ0) is 16.9. The molecule has 1 aromatic rings. The number of esters is 1. The van der Waals surface area contributed by atoms with Crippen LogP contribution in [0, 0.1) is 11.3 Å². The first-order valence-corrected chi connectivity index (χ1v) is 7.80. The second-order valence-corrected chi connectivity index (χ2v) is 4.77. The average molecular weight is 317 g/mol. The van der Waals surface area contributed by atoms with Gasteiger partial charge >= 0.3 is 5.97 Å². The van der Waals surface area contributed by atoms with Crippen LogP contribution in [-0.2, 0) is 14.3 Å². The Hall–Kier alpha value is -2.32. The number of carbonyl (C=O) groups excluding carboxylic acids is 1. The predicted molar refractivity (Wildman–Crippen MR) is 87.9 cm³/mol. The van der Waals surface area contributed by atoms with Crippen molar-refractivity contribution in [1.29, 1.82) is 5.26 Å². The Kier molecular flexibility index (Phi) is 9.18. The summed E-state index contributed by atoms with van der Waals surface area (Å²) in [5, 5.41) is 9.08. The molecule has 0 aliphatic carbocycles. The molecule has 1 rings (SSSR count). The van der Waals surface area contributed by atoms with Crippen LogP contribution in [0.4, 0.5) is 0 Å². The quantitative estimate of drug-likeness (QED) is 0.286. The van der Waals surface area contributed by atoms with Crippen molar-refractivity contribution in [2.45, 2.75) is 26.7 Å². The van der Waals surface area contributed by atoms with Gasteiger partial charge in [0.1, 0.15) is 24.0 Å². The summed E-state index contributed by atoms with van der Waals surface area (Å²) in [5.74, 6) is 0.129. The molecule has 0 saturated carbocycles. The van der Waals surface area contributed by atoms with E-state index < -0.39 is 5.97 Å². The Labute approximate surface area is 137 Å². The second kappa shape index (κ2) is 11.3. The summed E-state index contributed by atoms with van der Waals surface area (Å²) >= 11 is 0. The van der Waals surface area contributed by atoms with Crippen LogP contribution in [0.3, 0.4) is 0 Å². The summed E-state index contributed by atoms with van der Waals surface area (Å²) in [5.41, 5.74) is 0.701. The number of hydrogen-bond acceptors (Lipinski definition) is 5. The number of unbranched alkanes of at least 4 members (excludes halogenated alkanes) is 1. The summed E-state index contributed by atoms with van der Waals surface area (Å²) in [6.45, 7) is 5.67. The van der Waals surface area contributed by atoms with Gasteiger partial charge in [0.05, 0.1) is 13.2 Å². The number of nitrogens with zero attached hydrogens (tertiary/aromatic N) is 1. The summed E-state index contributed by atoms with van der Waals surface area (Å²) < 4.78 is 15.6. The Bertz CT molecular complexity index is 543. The van der Waals surface area contributed by atoms with Crippen molar-refractivity contribution in [3.8, 4) is 11.8 Å². The van der Waals surface area contributed by atoms with Gasteiger partial charge in [-0.1, -0.05) is 25.5 Å². The maximum Gasteiger partial charge on any atom is 0.348 e. The molecule has 0 fully saturated rings. The molecule has 0 bridgehead atoms. The normalized spacial score (nSPS) is 10.9. The number of hydrogen-bond donors (Lipinski definition) is 0. The molecule has 0 saturated heterocycles. The van der Waals surface area contributed by atoms with E-state index in [-0.39, 0.29) is 12.2 Å². The molecule has 124 valence electrons. The largest absolute Gasteiger partial charge is 0.494 e. The molecule has 0 unspecified atom stereocenters. The van der Waals surface area contributed by atoms with Crippen LogP contribution in [0.5, 0.6) is 5.75 Å². The highest BCUT2D eigenvalue weighted by Gasteiger charge is 2.10. The topological polar surface area (TPSA) is 68.5 Å². The fraction of sp³-hybridized carbons (Fsp3) is 0.444. The predicted octanol–water partition coefficient (Wildman–Crippen LogP) is 3.35. The van der Waals surface area contributed by atoms with Crippen LogP contribution in [0.25, 0.3) is 6.08 Å². The van der Waals surface area contributed by atoms with E-state index in [1.807, 2.05) is 25.1 Å². The standard InChI is InChI=1S/C18H23NO4/c1-3-5-10-22-17-8-6-15(7-9-17)13-16(14-19)18(20)23-12-11-21-4-2/h6-9,13H,3-5,10-12H2,1-2H3/b16-13+. The molecule has 0 aliphatic rings. The van der Waals surface area contributed by atoms with Crippen LogP contribution in [-0.4, -0.2) is 32.4 Å². The van der Waals surface area contributed by atoms with Crippen molar-refractivity contribution < 1.29 is 19.0 Å². The van der Waals surface area contributed by atoms with E-state index in [0.717, 1.165) is 24.2 Å². The second-order valence-electron chi connectivity index (χ2n) is 4.77. The maximum atomic E-state index is 11.8. The molecule has 0 N–H and O–H groups in total. The van der Waals surface area contributed by atoms with Crippen molar-refractivity contribution in [2.24, 2.45) is 0 Å². The van der Waals surface area contributed by atoms with E-state index in [0.29, 0.717) is 19.8 Å². The van der Waals surface area contributed by atoms with Crippen molar-refractivity contribution in [3.63, 3.8) is 0 Å². The minimum absolute atomic E-state index is 0.0406. The van der Waals surface area contributed by atoms with E-state index in [1.54, 1.807) is 12.1 Å². The average Bonchev–Trinajstić information content (AvgIpc) is 2.58. The number of rotatable bonds is 10. The van der Waals surface area contributed by atoms with Crippen LogP contribution in [0.2, 0.25) is 0 Å². The molecule has 0 amide bonds. The molecule has 5 nitrogen and oxygen atoms in total. The first-order valence-electron chi connectivity index (χ1n) is 7.80. The Balaban J connectivity index is 2.59. The SMILES string of the molecule is CCCCOc1ccc(/C=C(\C#N)C(=O)OCCOCC)cc1. The van der Waals surface area contributed by atoms with Crippen molar-refractivity contribution in [3.05, 3.63) is 35.4 Å². The summed E-state index contributed by atoms with van der Waals surface area (Å²) in [4.78, 5) is 11.8. The smallest absolute Gasteiger partial charge is 0.348 e. The lowest BCUT2D eigenvalue weighted by Gasteiger charge is -2.06. The highest BCUT2D eigenvalue weighted by atomic mass is 16.6. The third kappa shape index (κ3) is 7.48. The molecule has 0 radical (unpaired) electrons. The molecule has 23 heavy (non-hydrogen) atoms. The molecule has 0 atom stereocenters. The van der Waals surface area contributed by atoms with Gasteiger partial charge in [-0.15, -0.1) is 0 Å². The summed E-state index contributed by atoms with van der Waals surface area (Å²) in [6, 6.07) is 9.09. The minimum Gasteiger partial charge on any atom is -0.494 e. The number of benzene rings is 1. The molecule has 5 heteroatoms. The lowest BCUT2D eigenvalue weighted by molar-refractivity contribution is -0.139. The molecule has 1 aromatic carbocycles. The lowest BCUT2D eigenvalue weighted by atomic mass is 10.1. The van der Waals surface area contributed by atoms with Gasteiger partial charge in [-0.2, -0.15) is 5.26 Å². The highest BCUT2D eigenvalue weighted by Crippen LogP contribution is 2.15. The Morgan fingerprint density at radius 3 is 2.52 bits per heavy atom. The molecular weight excluding hydrogens is 294 g/mol. The molecule has 0 spiro atoms. The van der Waals surface area contributed by atoms with E-state index in [1.165, 1.54) is 6.08 Å². The third-order valence-electron chi connectivity index (χ3n) is 2.96. The van der Waals surface area contributed by atoms with Crippen molar-refractivity contribution in [1.82, 2.24) is 0 Å². The monoisotopic (exact) mass is 317 g/mol. The molecule has 0 aromatic heterocycles. The van der Waals surface area contributed by atoms with Crippen LogP contribution < -0.4 is 4.74 Å². The van der Waals surface area contributed by atoms with E-state index in [2.05, 4.69) is 6.92 Å². The minimum atomic E-state index is -0.643. The van der Waals surface area contributed by atoms with E-state index in [4.69, 9.17) is 19.5 Å². The van der Waals surface area contributed by atoms with E-state index in [9.17, 15) is 4.79 Å². The van der Waals surface area contributed by atoms with Crippen LogP contribution in [0.1, 0.15) is 32.3 Å². The number of ether oxygens (including phenoxy) is 3. The fourth-order valence-electron chi connectivity index (χ4n) is 1.71. The van der Waals surface area contributed by atoms with Crippen molar-refractivity contribution in [2.75, 3.05) is 26.4 Å². The zero-order valence-corrected chi connectivity index (χ0v) is 13.7. The third-order valence-corrected chi connectivity index (χ3v) is 2.96. The van der Waals surface area contributed by atoms with Gasteiger partial charge in [-0.25, -0.2) is 4.79 Å². The summed E-state index contributed by atoms with van der Waals surface area (Å²) in [6.07, 6.45) is 3.59. The van der Waals surface area contributed by atoms with Gasteiger partial charge < -0.3 is 14.2 Å². The first-order chi connectivity index (χ1) is 11.2. The van der Waals surface area contributed by atoms with Gasteiger partial charge in [-0.3, -0.25) is 0 Å². The Morgan fingerprint density at radius 1 is 1.17 bits per heavy atom. The van der Waals surface area contributed by atoms with E-state index >= 15 is 0 Å². The lowest BCUT2D eigenvalue weighted by Crippen LogP contribution is -2.11. The maximum absolute atomic E-state index is 11.8. The molecular formula is C18H23NO4. The molecule has 0 heterocycles. The zero-order valence-electron chi connectivity index (χ0n) is 13.7. The van der Waals surface area contributed by atoms with Gasteiger partial charge in [0.15, 0.2) is 0 Å². The molecule has 0 aliphatic heterocycles. The van der Waals surface area contributed by atoms with Gasteiger partial charge in [0.25, 0.3) is 0 Å². The highest BCUT2D eigenvalue weighted by molar-refractivity contribution is 5.97. The van der Waals surface area contributed by atoms with Gasteiger partial charge in [0.2, 0.25) is 0 Å². The Morgan fingerprint density at radius 2 is 1.91 bits per heavy atom. The number of carbonyl (C=O) groups is 1. The van der Waals surface area contributed by atoms with Gasteiger partial charge in [0, 0.05) is 6.61 Å². The van der Waals surface area contributed by atoms with Crippen LogP contribution >= 0.6 is 0 Å². The number of nitriles is 1. The van der Waals surface area contributed by atoms with Crippen LogP contribution in [0.15, 0.2) is 29.8 Å². The van der Waals surface area contributed by atoms with Crippen molar-refractivity contribution >= 4 is 12.0 Å². The fourth-order valence-corrected chi connectivity index (χ4v) is 1.71. The summed E-state index contributed by atoms with van der Waals surface area (Å²) in [7, 11) is 0. The van der Waals surface area contributed by atoms with Gasteiger partial charge in [-0.05, 0) is 37.1 Å². The first kappa shape index (κ1) is 18.7.